The minimum atomic E-state index is -0.274. The van der Waals surface area contributed by atoms with E-state index in [1.165, 1.54) is 5.56 Å². The van der Waals surface area contributed by atoms with E-state index in [4.69, 9.17) is 10.5 Å². The highest BCUT2D eigenvalue weighted by Gasteiger charge is 2.32. The minimum Gasteiger partial charge on any atom is -0.397 e. The second kappa shape index (κ2) is 4.61. The fraction of sp³-hybridized carbons (Fsp3) is 0.500. The number of nitrogen functional groups attached to an aromatic ring is 1. The molecule has 2 N–H and O–H groups in total. The highest BCUT2D eigenvalue weighted by molar-refractivity contribution is 6.01. The van der Waals surface area contributed by atoms with Crippen LogP contribution in [0.2, 0.25) is 0 Å². The molecule has 1 aromatic rings. The Bertz CT molecular complexity index is 467. The smallest absolute Gasteiger partial charge is 0.256 e. The van der Waals surface area contributed by atoms with Crippen molar-refractivity contribution in [2.45, 2.75) is 31.8 Å². The zero-order valence-electron chi connectivity index (χ0n) is 10.4. The van der Waals surface area contributed by atoms with E-state index in [1.54, 1.807) is 4.90 Å². The fourth-order valence-corrected chi connectivity index (χ4v) is 2.82. The highest BCUT2D eigenvalue weighted by Crippen LogP contribution is 2.34. The van der Waals surface area contributed by atoms with Crippen LogP contribution in [-0.2, 0) is 16.0 Å². The van der Waals surface area contributed by atoms with Crippen LogP contribution in [0.25, 0.3) is 0 Å². The van der Waals surface area contributed by atoms with Gasteiger partial charge in [0.05, 0.1) is 11.4 Å². The third-order valence-corrected chi connectivity index (χ3v) is 3.75. The van der Waals surface area contributed by atoms with Gasteiger partial charge in [-0.2, -0.15) is 0 Å². The lowest BCUT2D eigenvalue weighted by molar-refractivity contribution is -0.132. The van der Waals surface area contributed by atoms with E-state index in [1.807, 2.05) is 18.2 Å². The summed E-state index contributed by atoms with van der Waals surface area (Å²) in [6, 6.07) is 5.84. The lowest BCUT2D eigenvalue weighted by Crippen LogP contribution is -2.41. The van der Waals surface area contributed by atoms with E-state index in [0.29, 0.717) is 12.3 Å². The van der Waals surface area contributed by atoms with E-state index in [9.17, 15) is 4.79 Å². The molecule has 18 heavy (non-hydrogen) atoms. The Morgan fingerprint density at radius 2 is 2.28 bits per heavy atom. The van der Waals surface area contributed by atoms with E-state index in [0.717, 1.165) is 37.9 Å². The van der Waals surface area contributed by atoms with Crippen molar-refractivity contribution in [1.29, 1.82) is 0 Å². The first kappa shape index (κ1) is 11.5. The van der Waals surface area contributed by atoms with Crippen molar-refractivity contribution in [2.75, 3.05) is 23.8 Å². The highest BCUT2D eigenvalue weighted by atomic mass is 16.5. The van der Waals surface area contributed by atoms with Crippen LogP contribution in [0.15, 0.2) is 18.2 Å². The summed E-state index contributed by atoms with van der Waals surface area (Å²) in [5.41, 5.74) is 8.75. The van der Waals surface area contributed by atoms with Crippen molar-refractivity contribution in [3.8, 4) is 0 Å². The number of anilines is 2. The maximum atomic E-state index is 12.5. The maximum absolute atomic E-state index is 12.5. The van der Waals surface area contributed by atoms with Gasteiger partial charge >= 0.3 is 0 Å². The molecule has 0 saturated carbocycles. The Morgan fingerprint density at radius 3 is 3.06 bits per heavy atom. The summed E-state index contributed by atoms with van der Waals surface area (Å²) in [7, 11) is 0. The molecule has 1 saturated heterocycles. The lowest BCUT2D eigenvalue weighted by Gasteiger charge is -2.27. The second-order valence-corrected chi connectivity index (χ2v) is 4.95. The molecule has 3 rings (SSSR count). The lowest BCUT2D eigenvalue weighted by atomic mass is 10.1. The van der Waals surface area contributed by atoms with Gasteiger partial charge in [-0.3, -0.25) is 4.79 Å². The number of fused-ring (bicyclic) bond motifs is 1. The van der Waals surface area contributed by atoms with Crippen molar-refractivity contribution < 1.29 is 9.53 Å². The zero-order chi connectivity index (χ0) is 12.5. The molecule has 0 aliphatic carbocycles. The SMILES string of the molecule is Nc1cccc2c1N(C(=O)C1CCCCO1)CC2. The molecular weight excluding hydrogens is 228 g/mol. The summed E-state index contributed by atoms with van der Waals surface area (Å²) < 4.78 is 5.58. The summed E-state index contributed by atoms with van der Waals surface area (Å²) >= 11 is 0. The number of nitrogens with two attached hydrogens (primary N) is 1. The Labute approximate surface area is 107 Å². The van der Waals surface area contributed by atoms with Crippen LogP contribution in [0.5, 0.6) is 0 Å². The van der Waals surface area contributed by atoms with E-state index in [-0.39, 0.29) is 12.0 Å². The van der Waals surface area contributed by atoms with Gasteiger partial charge in [-0.15, -0.1) is 0 Å². The first-order chi connectivity index (χ1) is 8.77. The molecule has 0 radical (unpaired) electrons. The zero-order valence-corrected chi connectivity index (χ0v) is 10.4. The average molecular weight is 246 g/mol. The third-order valence-electron chi connectivity index (χ3n) is 3.75. The molecule has 4 heteroatoms. The van der Waals surface area contributed by atoms with Crippen molar-refractivity contribution in [1.82, 2.24) is 0 Å². The number of benzene rings is 1. The summed E-state index contributed by atoms with van der Waals surface area (Å²) in [4.78, 5) is 14.3. The van der Waals surface area contributed by atoms with Crippen molar-refractivity contribution in [2.24, 2.45) is 0 Å². The van der Waals surface area contributed by atoms with Crippen LogP contribution in [0.4, 0.5) is 11.4 Å². The van der Waals surface area contributed by atoms with Gasteiger partial charge in [0.25, 0.3) is 5.91 Å². The average Bonchev–Trinajstić information content (AvgIpc) is 2.84. The monoisotopic (exact) mass is 246 g/mol. The molecule has 0 spiro atoms. The number of amides is 1. The Morgan fingerprint density at radius 1 is 1.39 bits per heavy atom. The Hall–Kier alpha value is -1.55. The third kappa shape index (κ3) is 1.86. The van der Waals surface area contributed by atoms with Gasteiger partial charge in [0.15, 0.2) is 0 Å². The molecule has 1 fully saturated rings. The number of hydrogen-bond donors (Lipinski definition) is 1. The first-order valence-electron chi connectivity index (χ1n) is 6.58. The number of carbonyl (C=O) groups is 1. The largest absolute Gasteiger partial charge is 0.397 e. The van der Waals surface area contributed by atoms with Crippen LogP contribution in [0.3, 0.4) is 0 Å². The molecule has 4 nitrogen and oxygen atoms in total. The number of carbonyl (C=O) groups excluding carboxylic acids is 1. The van der Waals surface area contributed by atoms with Gasteiger partial charge in [-0.25, -0.2) is 0 Å². The minimum absolute atomic E-state index is 0.0753. The van der Waals surface area contributed by atoms with Crippen molar-refractivity contribution >= 4 is 17.3 Å². The van der Waals surface area contributed by atoms with Gasteiger partial charge in [-0.05, 0) is 37.3 Å². The van der Waals surface area contributed by atoms with Crippen molar-refractivity contribution in [3.05, 3.63) is 23.8 Å². The van der Waals surface area contributed by atoms with Crippen LogP contribution in [0.1, 0.15) is 24.8 Å². The predicted octanol–water partition coefficient (Wildman–Crippen LogP) is 1.73. The first-order valence-corrected chi connectivity index (χ1v) is 6.58. The number of ether oxygens (including phenoxy) is 1. The molecule has 0 bridgehead atoms. The normalized spacial score (nSPS) is 22.9. The van der Waals surface area contributed by atoms with Crippen LogP contribution < -0.4 is 10.6 Å². The van der Waals surface area contributed by atoms with Gasteiger partial charge in [0.1, 0.15) is 6.10 Å². The molecule has 2 aliphatic heterocycles. The molecule has 2 aliphatic rings. The topological polar surface area (TPSA) is 55.6 Å². The van der Waals surface area contributed by atoms with E-state index >= 15 is 0 Å². The van der Waals surface area contributed by atoms with Crippen LogP contribution in [-0.4, -0.2) is 25.2 Å². The molecule has 1 amide bonds. The van der Waals surface area contributed by atoms with Crippen LogP contribution >= 0.6 is 0 Å². The Balaban J connectivity index is 1.85. The van der Waals surface area contributed by atoms with Gasteiger partial charge in [0.2, 0.25) is 0 Å². The molecule has 1 aromatic carbocycles. The van der Waals surface area contributed by atoms with Gasteiger partial charge in [0, 0.05) is 13.2 Å². The number of rotatable bonds is 1. The molecule has 1 atom stereocenters. The van der Waals surface area contributed by atoms with Gasteiger partial charge in [-0.1, -0.05) is 12.1 Å². The summed E-state index contributed by atoms with van der Waals surface area (Å²) in [6.07, 6.45) is 3.57. The second-order valence-electron chi connectivity index (χ2n) is 4.95. The molecule has 0 aromatic heterocycles. The molecular formula is C14H18N2O2. The number of nitrogens with zero attached hydrogens (tertiary/aromatic N) is 1. The van der Waals surface area contributed by atoms with Gasteiger partial charge < -0.3 is 15.4 Å². The predicted molar refractivity (Wildman–Crippen MR) is 70.5 cm³/mol. The molecule has 96 valence electrons. The maximum Gasteiger partial charge on any atom is 0.256 e. The number of para-hydroxylation sites is 1. The summed E-state index contributed by atoms with van der Waals surface area (Å²) in [5, 5.41) is 0. The molecule has 2 heterocycles. The summed E-state index contributed by atoms with van der Waals surface area (Å²) in [5.74, 6) is 0.0753. The van der Waals surface area contributed by atoms with E-state index < -0.39 is 0 Å². The quantitative estimate of drug-likeness (QED) is 0.768. The summed E-state index contributed by atoms with van der Waals surface area (Å²) in [6.45, 7) is 1.42. The fourth-order valence-electron chi connectivity index (χ4n) is 2.82. The molecule has 1 unspecified atom stereocenters. The number of hydrogen-bond acceptors (Lipinski definition) is 3. The standard InChI is InChI=1S/C14H18N2O2/c15-11-5-3-4-10-7-8-16(13(10)11)14(17)12-6-1-2-9-18-12/h3-5,12H,1-2,6-9,15H2. The Kier molecular flexibility index (Phi) is 2.96. The van der Waals surface area contributed by atoms with E-state index in [2.05, 4.69) is 0 Å². The van der Waals surface area contributed by atoms with Crippen molar-refractivity contribution in [3.63, 3.8) is 0 Å². The van der Waals surface area contributed by atoms with Crippen LogP contribution in [0, 0.1) is 0 Å².